The Morgan fingerprint density at radius 2 is 2.04 bits per heavy atom. The van der Waals surface area contributed by atoms with Crippen LogP contribution in [-0.4, -0.2) is 49.6 Å². The van der Waals surface area contributed by atoms with Crippen LogP contribution < -0.4 is 14.4 Å². The predicted molar refractivity (Wildman–Crippen MR) is 97.8 cm³/mol. The maximum absolute atomic E-state index is 12.1. The first kappa shape index (κ1) is 18.5. The third kappa shape index (κ3) is 4.89. The Hall–Kier alpha value is -2.26. The lowest BCUT2D eigenvalue weighted by Crippen LogP contribution is -2.30. The molecular weight excluding hydrogens is 354 g/mol. The summed E-state index contributed by atoms with van der Waals surface area (Å²) in [6.45, 7) is 4.11. The zero-order valence-corrected chi connectivity index (χ0v) is 15.6. The van der Waals surface area contributed by atoms with Crippen LogP contribution in [0.3, 0.4) is 0 Å². The fraction of sp³-hybridized carbons (Fsp3) is 0.471. The van der Waals surface area contributed by atoms with E-state index >= 15 is 0 Å². The predicted octanol–water partition coefficient (Wildman–Crippen LogP) is 1.53. The van der Waals surface area contributed by atoms with Crippen LogP contribution in [0.25, 0.3) is 0 Å². The molecule has 0 saturated carbocycles. The highest BCUT2D eigenvalue weighted by Gasteiger charge is 2.15. The number of ether oxygens (including phenoxy) is 1. The van der Waals surface area contributed by atoms with Crippen LogP contribution in [0, 0.1) is 6.92 Å². The first-order valence-electron chi connectivity index (χ1n) is 8.68. The van der Waals surface area contributed by atoms with Gasteiger partial charge >= 0.3 is 0 Å². The third-order valence-electron chi connectivity index (χ3n) is 4.07. The van der Waals surface area contributed by atoms with E-state index in [1.165, 1.54) is 24.9 Å². The first-order chi connectivity index (χ1) is 12.5. The Balaban J connectivity index is 1.55. The number of nitrogens with zero attached hydrogens (tertiary/aromatic N) is 4. The molecule has 0 atom stereocenters. The number of pyridine rings is 1. The minimum Gasteiger partial charge on any atom is -0.476 e. The number of aromatic nitrogens is 3. The average molecular weight is 377 g/mol. The van der Waals surface area contributed by atoms with E-state index < -0.39 is 10.0 Å². The van der Waals surface area contributed by atoms with Crippen molar-refractivity contribution in [1.29, 1.82) is 0 Å². The van der Waals surface area contributed by atoms with Gasteiger partial charge in [-0.2, -0.15) is 4.98 Å². The summed E-state index contributed by atoms with van der Waals surface area (Å²) in [5, 5.41) is 0. The number of anilines is 1. The van der Waals surface area contributed by atoms with E-state index in [0.29, 0.717) is 11.7 Å². The standard InChI is InChI=1S/C17H23N5O3S/c1-14-20-16(22-9-3-2-4-10-22)12-17(21-14)25-11-8-19-26(23,24)15-6-5-7-18-13-15/h5-7,12-13,19H,2-4,8-11H2,1H3. The molecular formula is C17H23N5O3S. The van der Waals surface area contributed by atoms with E-state index in [1.54, 1.807) is 6.07 Å². The van der Waals surface area contributed by atoms with Gasteiger partial charge in [0.2, 0.25) is 15.9 Å². The quantitative estimate of drug-likeness (QED) is 0.731. The normalized spacial score (nSPS) is 15.0. The highest BCUT2D eigenvalue weighted by atomic mass is 32.2. The van der Waals surface area contributed by atoms with Crippen LogP contribution in [0.2, 0.25) is 0 Å². The number of aryl methyl sites for hydroxylation is 1. The molecule has 0 amide bonds. The molecule has 0 spiro atoms. The zero-order valence-electron chi connectivity index (χ0n) is 14.8. The molecule has 1 N–H and O–H groups in total. The van der Waals surface area contributed by atoms with E-state index in [1.807, 2.05) is 13.0 Å². The van der Waals surface area contributed by atoms with E-state index in [4.69, 9.17) is 4.74 Å². The zero-order chi connectivity index (χ0) is 18.4. The smallest absolute Gasteiger partial charge is 0.242 e. The minimum atomic E-state index is -3.58. The second-order valence-electron chi connectivity index (χ2n) is 6.09. The molecule has 2 aromatic heterocycles. The molecule has 1 aliphatic rings. The van der Waals surface area contributed by atoms with Crippen molar-refractivity contribution in [3.63, 3.8) is 0 Å². The Morgan fingerprint density at radius 1 is 1.23 bits per heavy atom. The molecule has 140 valence electrons. The van der Waals surface area contributed by atoms with E-state index in [0.717, 1.165) is 31.7 Å². The fourth-order valence-electron chi connectivity index (χ4n) is 2.81. The van der Waals surface area contributed by atoms with Gasteiger partial charge in [-0.15, -0.1) is 0 Å². The lowest BCUT2D eigenvalue weighted by atomic mass is 10.1. The number of piperidine rings is 1. The Kier molecular flexibility index (Phi) is 6.00. The number of hydrogen-bond acceptors (Lipinski definition) is 7. The summed E-state index contributed by atoms with van der Waals surface area (Å²) in [4.78, 5) is 14.9. The SMILES string of the molecule is Cc1nc(OCCNS(=O)(=O)c2cccnc2)cc(N2CCCCC2)n1. The molecule has 8 nitrogen and oxygen atoms in total. The van der Waals surface area contributed by atoms with E-state index in [2.05, 4.69) is 24.6 Å². The van der Waals surface area contributed by atoms with E-state index in [-0.39, 0.29) is 18.0 Å². The lowest BCUT2D eigenvalue weighted by molar-refractivity contribution is 0.309. The molecule has 1 aliphatic heterocycles. The second kappa shape index (κ2) is 8.41. The minimum absolute atomic E-state index is 0.130. The molecule has 0 radical (unpaired) electrons. The summed E-state index contributed by atoms with van der Waals surface area (Å²) < 4.78 is 32.4. The topological polar surface area (TPSA) is 97.3 Å². The molecule has 3 heterocycles. The van der Waals surface area contributed by atoms with Gasteiger partial charge in [-0.25, -0.2) is 18.1 Å². The van der Waals surface area contributed by atoms with Crippen molar-refractivity contribution in [2.45, 2.75) is 31.1 Å². The summed E-state index contributed by atoms with van der Waals surface area (Å²) in [6.07, 6.45) is 6.41. The van der Waals surface area contributed by atoms with Crippen molar-refractivity contribution in [1.82, 2.24) is 19.7 Å². The first-order valence-corrected chi connectivity index (χ1v) is 10.2. The van der Waals surface area contributed by atoms with Gasteiger partial charge in [0.15, 0.2) is 0 Å². The van der Waals surface area contributed by atoms with Gasteiger partial charge in [-0.05, 0) is 38.3 Å². The van der Waals surface area contributed by atoms with Gasteiger partial charge in [-0.3, -0.25) is 4.98 Å². The van der Waals surface area contributed by atoms with Gasteiger partial charge in [0, 0.05) is 38.1 Å². The number of sulfonamides is 1. The van der Waals surface area contributed by atoms with Crippen LogP contribution in [-0.2, 0) is 10.0 Å². The summed E-state index contributed by atoms with van der Waals surface area (Å²) in [5.74, 6) is 1.96. The lowest BCUT2D eigenvalue weighted by Gasteiger charge is -2.28. The van der Waals surface area contributed by atoms with Gasteiger partial charge in [0.25, 0.3) is 0 Å². The van der Waals surface area contributed by atoms with Crippen molar-refractivity contribution in [2.24, 2.45) is 0 Å². The third-order valence-corrected chi connectivity index (χ3v) is 5.52. The molecule has 0 unspecified atom stereocenters. The molecule has 3 rings (SSSR count). The molecule has 9 heteroatoms. The van der Waals surface area contributed by atoms with Gasteiger partial charge in [-0.1, -0.05) is 0 Å². The summed E-state index contributed by atoms with van der Waals surface area (Å²) in [7, 11) is -3.58. The molecule has 26 heavy (non-hydrogen) atoms. The number of rotatable bonds is 7. The Labute approximate surface area is 153 Å². The van der Waals surface area contributed by atoms with E-state index in [9.17, 15) is 8.42 Å². The number of nitrogens with one attached hydrogen (secondary N) is 1. The van der Waals surface area contributed by atoms with Crippen molar-refractivity contribution < 1.29 is 13.2 Å². The molecule has 0 bridgehead atoms. The Bertz CT molecular complexity index is 824. The average Bonchev–Trinajstić information content (AvgIpc) is 2.66. The summed E-state index contributed by atoms with van der Waals surface area (Å²) >= 11 is 0. The molecule has 1 fully saturated rings. The van der Waals surface area contributed by atoms with Crippen LogP contribution in [0.4, 0.5) is 5.82 Å². The van der Waals surface area contributed by atoms with Gasteiger partial charge < -0.3 is 9.64 Å². The second-order valence-corrected chi connectivity index (χ2v) is 7.86. The maximum Gasteiger partial charge on any atom is 0.242 e. The van der Waals surface area contributed by atoms with Crippen molar-refractivity contribution in [3.8, 4) is 5.88 Å². The molecule has 1 saturated heterocycles. The molecule has 0 aromatic carbocycles. The Morgan fingerprint density at radius 3 is 2.77 bits per heavy atom. The largest absolute Gasteiger partial charge is 0.476 e. The fourth-order valence-corrected chi connectivity index (χ4v) is 3.78. The molecule has 0 aliphatic carbocycles. The van der Waals surface area contributed by atoms with Crippen molar-refractivity contribution >= 4 is 15.8 Å². The van der Waals surface area contributed by atoms with Crippen molar-refractivity contribution in [3.05, 3.63) is 36.4 Å². The highest BCUT2D eigenvalue weighted by molar-refractivity contribution is 7.89. The van der Waals surface area contributed by atoms with Crippen LogP contribution >= 0.6 is 0 Å². The summed E-state index contributed by atoms with van der Waals surface area (Å²) in [6, 6.07) is 4.89. The molecule has 2 aromatic rings. The van der Waals surface area contributed by atoms with Gasteiger partial charge in [0.05, 0.1) is 0 Å². The van der Waals surface area contributed by atoms with Gasteiger partial charge in [0.1, 0.15) is 23.1 Å². The number of hydrogen-bond donors (Lipinski definition) is 1. The van der Waals surface area contributed by atoms with Crippen molar-refractivity contribution in [2.75, 3.05) is 31.1 Å². The van der Waals surface area contributed by atoms with Crippen LogP contribution in [0.5, 0.6) is 5.88 Å². The highest BCUT2D eigenvalue weighted by Crippen LogP contribution is 2.21. The van der Waals surface area contributed by atoms with Crippen LogP contribution in [0.1, 0.15) is 25.1 Å². The monoisotopic (exact) mass is 377 g/mol. The van der Waals surface area contributed by atoms with Crippen LogP contribution in [0.15, 0.2) is 35.5 Å². The maximum atomic E-state index is 12.1. The summed E-state index contributed by atoms with van der Waals surface area (Å²) in [5.41, 5.74) is 0.